The number of rotatable bonds is 4. The van der Waals surface area contributed by atoms with Gasteiger partial charge in [-0.15, -0.1) is 0 Å². The van der Waals surface area contributed by atoms with Gasteiger partial charge in [-0.3, -0.25) is 4.79 Å². The molecular formula is C18H21N5O. The van der Waals surface area contributed by atoms with Crippen molar-refractivity contribution in [1.82, 2.24) is 9.80 Å². The van der Waals surface area contributed by atoms with Crippen LogP contribution in [0.1, 0.15) is 18.4 Å². The molecule has 0 atom stereocenters. The van der Waals surface area contributed by atoms with Crippen molar-refractivity contribution in [2.24, 2.45) is 0 Å². The Kier molecular flexibility index (Phi) is 5.95. The van der Waals surface area contributed by atoms with Crippen molar-refractivity contribution in [2.75, 3.05) is 32.5 Å². The van der Waals surface area contributed by atoms with Gasteiger partial charge in [-0.2, -0.15) is 10.5 Å². The molecule has 24 heavy (non-hydrogen) atoms. The van der Waals surface area contributed by atoms with Crippen LogP contribution in [0.5, 0.6) is 0 Å². The first-order valence-corrected chi connectivity index (χ1v) is 7.88. The molecule has 2 rings (SSSR count). The number of piperidine rings is 1. The molecule has 0 radical (unpaired) electrons. The SMILES string of the molecule is CN1CCC(N(C)/C=C(/C#N)C(=O)Nc2ccccc2C#N)CC1. The lowest BCUT2D eigenvalue weighted by Crippen LogP contribution is -2.40. The van der Waals surface area contributed by atoms with Crippen molar-refractivity contribution >= 4 is 11.6 Å². The molecule has 1 aromatic carbocycles. The molecule has 6 nitrogen and oxygen atoms in total. The van der Waals surface area contributed by atoms with E-state index in [9.17, 15) is 10.1 Å². The predicted octanol–water partition coefficient (Wildman–Crippen LogP) is 1.93. The van der Waals surface area contributed by atoms with E-state index in [0.717, 1.165) is 25.9 Å². The van der Waals surface area contributed by atoms with E-state index in [0.29, 0.717) is 17.3 Å². The Morgan fingerprint density at radius 1 is 1.33 bits per heavy atom. The van der Waals surface area contributed by atoms with Gasteiger partial charge in [-0.1, -0.05) is 12.1 Å². The first kappa shape index (κ1) is 17.5. The monoisotopic (exact) mass is 323 g/mol. The number of nitrogens with one attached hydrogen (secondary N) is 1. The van der Waals surface area contributed by atoms with Crippen LogP contribution in [0.4, 0.5) is 5.69 Å². The number of carbonyl (C=O) groups excluding carboxylic acids is 1. The number of hydrogen-bond acceptors (Lipinski definition) is 5. The third-order valence-electron chi connectivity index (χ3n) is 4.26. The topological polar surface area (TPSA) is 83.2 Å². The lowest BCUT2D eigenvalue weighted by atomic mass is 10.0. The van der Waals surface area contributed by atoms with E-state index in [1.54, 1.807) is 30.5 Å². The molecule has 0 bridgehead atoms. The van der Waals surface area contributed by atoms with Crippen molar-refractivity contribution in [1.29, 1.82) is 10.5 Å². The Hall–Kier alpha value is -2.83. The molecule has 0 aromatic heterocycles. The number of carbonyl (C=O) groups is 1. The van der Waals surface area contributed by atoms with Crippen molar-refractivity contribution in [3.05, 3.63) is 41.6 Å². The maximum Gasteiger partial charge on any atom is 0.267 e. The number of likely N-dealkylation sites (tertiary alicyclic amines) is 1. The van der Waals surface area contributed by atoms with Crippen molar-refractivity contribution in [3.8, 4) is 12.1 Å². The van der Waals surface area contributed by atoms with Crippen LogP contribution >= 0.6 is 0 Å². The maximum atomic E-state index is 12.3. The molecule has 1 aromatic rings. The van der Waals surface area contributed by atoms with Gasteiger partial charge in [-0.05, 0) is 45.1 Å². The summed E-state index contributed by atoms with van der Waals surface area (Å²) >= 11 is 0. The zero-order valence-electron chi connectivity index (χ0n) is 14.0. The number of nitrogens with zero attached hydrogens (tertiary/aromatic N) is 4. The van der Waals surface area contributed by atoms with Gasteiger partial charge in [0.25, 0.3) is 5.91 Å². The van der Waals surface area contributed by atoms with E-state index in [-0.39, 0.29) is 5.57 Å². The fourth-order valence-corrected chi connectivity index (χ4v) is 2.73. The summed E-state index contributed by atoms with van der Waals surface area (Å²) in [6.07, 6.45) is 3.60. The molecule has 1 saturated heterocycles. The number of para-hydroxylation sites is 1. The summed E-state index contributed by atoms with van der Waals surface area (Å²) in [4.78, 5) is 16.6. The molecule has 0 spiro atoms. The van der Waals surface area contributed by atoms with Gasteiger partial charge in [0.05, 0.1) is 11.3 Å². The zero-order valence-corrected chi connectivity index (χ0v) is 14.0. The third-order valence-corrected chi connectivity index (χ3v) is 4.26. The highest BCUT2D eigenvalue weighted by Crippen LogP contribution is 2.17. The van der Waals surface area contributed by atoms with Crippen LogP contribution < -0.4 is 5.32 Å². The summed E-state index contributed by atoms with van der Waals surface area (Å²) in [5, 5.41) is 21.0. The van der Waals surface area contributed by atoms with Gasteiger partial charge in [-0.25, -0.2) is 0 Å². The van der Waals surface area contributed by atoms with Gasteiger partial charge in [0.15, 0.2) is 0 Å². The van der Waals surface area contributed by atoms with Crippen LogP contribution in [0.25, 0.3) is 0 Å². The number of anilines is 1. The molecule has 1 heterocycles. The fraction of sp³-hybridized carbons (Fsp3) is 0.389. The largest absolute Gasteiger partial charge is 0.376 e. The summed E-state index contributed by atoms with van der Waals surface area (Å²) in [6.45, 7) is 2.01. The third kappa shape index (κ3) is 4.34. The minimum atomic E-state index is -0.500. The van der Waals surface area contributed by atoms with Crippen LogP contribution in [0, 0.1) is 22.7 Å². The summed E-state index contributed by atoms with van der Waals surface area (Å²) in [5.41, 5.74) is 0.809. The molecule has 0 unspecified atom stereocenters. The van der Waals surface area contributed by atoms with Gasteiger partial charge in [0.2, 0.25) is 0 Å². The van der Waals surface area contributed by atoms with E-state index in [1.165, 1.54) is 0 Å². The number of hydrogen-bond donors (Lipinski definition) is 1. The Morgan fingerprint density at radius 2 is 2.00 bits per heavy atom. The lowest BCUT2D eigenvalue weighted by molar-refractivity contribution is -0.112. The summed E-state index contributed by atoms with van der Waals surface area (Å²) in [5.74, 6) is -0.500. The van der Waals surface area contributed by atoms with Gasteiger partial charge in [0.1, 0.15) is 17.7 Å². The number of nitriles is 2. The molecule has 0 saturated carbocycles. The van der Waals surface area contributed by atoms with Crippen LogP contribution in [-0.4, -0.2) is 48.9 Å². The molecule has 1 amide bonds. The average molecular weight is 323 g/mol. The Balaban J connectivity index is 2.08. The van der Waals surface area contributed by atoms with Gasteiger partial charge in [0, 0.05) is 19.3 Å². The molecular weight excluding hydrogens is 302 g/mol. The van der Waals surface area contributed by atoms with E-state index in [1.807, 2.05) is 24.1 Å². The minimum absolute atomic E-state index is 0.0316. The molecule has 1 aliphatic heterocycles. The maximum absolute atomic E-state index is 12.3. The molecule has 124 valence electrons. The Labute approximate surface area is 142 Å². The van der Waals surface area contributed by atoms with E-state index in [4.69, 9.17) is 5.26 Å². The predicted molar refractivity (Wildman–Crippen MR) is 91.8 cm³/mol. The van der Waals surface area contributed by atoms with Gasteiger partial charge >= 0.3 is 0 Å². The molecule has 6 heteroatoms. The fourth-order valence-electron chi connectivity index (χ4n) is 2.73. The minimum Gasteiger partial charge on any atom is -0.376 e. The summed E-state index contributed by atoms with van der Waals surface area (Å²) < 4.78 is 0. The highest BCUT2D eigenvalue weighted by atomic mass is 16.1. The van der Waals surface area contributed by atoms with E-state index in [2.05, 4.69) is 17.3 Å². The molecule has 0 aliphatic carbocycles. The Bertz CT molecular complexity index is 705. The van der Waals surface area contributed by atoms with Crippen molar-refractivity contribution < 1.29 is 4.79 Å². The van der Waals surface area contributed by atoms with E-state index >= 15 is 0 Å². The van der Waals surface area contributed by atoms with Crippen LogP contribution in [-0.2, 0) is 4.79 Å². The standard InChI is InChI=1S/C18H21N5O/c1-22-9-7-16(8-10-22)23(2)13-15(12-20)18(24)21-17-6-4-3-5-14(17)11-19/h3-6,13,16H,7-10H2,1-2H3,(H,21,24)/b15-13-. The smallest absolute Gasteiger partial charge is 0.267 e. The van der Waals surface area contributed by atoms with Crippen molar-refractivity contribution in [2.45, 2.75) is 18.9 Å². The average Bonchev–Trinajstić information content (AvgIpc) is 2.60. The molecule has 1 aliphatic rings. The molecule has 1 N–H and O–H groups in total. The van der Waals surface area contributed by atoms with Gasteiger partial charge < -0.3 is 15.1 Å². The normalized spacial score (nSPS) is 16.1. The highest BCUT2D eigenvalue weighted by Gasteiger charge is 2.20. The number of amides is 1. The van der Waals surface area contributed by atoms with Crippen LogP contribution in [0.3, 0.4) is 0 Å². The number of benzene rings is 1. The molecule has 1 fully saturated rings. The second kappa shape index (κ2) is 8.14. The summed E-state index contributed by atoms with van der Waals surface area (Å²) in [6, 6.07) is 11.0. The van der Waals surface area contributed by atoms with Crippen LogP contribution in [0.15, 0.2) is 36.0 Å². The summed E-state index contributed by atoms with van der Waals surface area (Å²) in [7, 11) is 3.98. The highest BCUT2D eigenvalue weighted by molar-refractivity contribution is 6.07. The quantitative estimate of drug-likeness (QED) is 0.676. The van der Waals surface area contributed by atoms with Crippen LogP contribution in [0.2, 0.25) is 0 Å². The van der Waals surface area contributed by atoms with Crippen molar-refractivity contribution in [3.63, 3.8) is 0 Å². The first-order valence-electron chi connectivity index (χ1n) is 7.88. The zero-order chi connectivity index (χ0) is 17.5. The second-order valence-corrected chi connectivity index (χ2v) is 5.97. The van der Waals surface area contributed by atoms with E-state index < -0.39 is 5.91 Å². The second-order valence-electron chi connectivity index (χ2n) is 5.97. The first-order chi connectivity index (χ1) is 11.5. The lowest BCUT2D eigenvalue weighted by Gasteiger charge is -2.34. The Morgan fingerprint density at radius 3 is 2.62 bits per heavy atom.